The molecule has 1 aromatic heterocycles. The lowest BCUT2D eigenvalue weighted by Crippen LogP contribution is -2.41. The highest BCUT2D eigenvalue weighted by Crippen LogP contribution is 2.22. The molecule has 2 heterocycles. The van der Waals surface area contributed by atoms with Gasteiger partial charge in [-0.1, -0.05) is 0 Å². The zero-order chi connectivity index (χ0) is 17.8. The van der Waals surface area contributed by atoms with Gasteiger partial charge < -0.3 is 10.2 Å². The van der Waals surface area contributed by atoms with Crippen molar-refractivity contribution in [1.29, 1.82) is 0 Å². The first-order chi connectivity index (χ1) is 12.0. The minimum Gasteiger partial charge on any atom is -0.339 e. The van der Waals surface area contributed by atoms with Gasteiger partial charge in [0.15, 0.2) is 0 Å². The third kappa shape index (κ3) is 3.99. The highest BCUT2D eigenvalue weighted by molar-refractivity contribution is 5.95. The van der Waals surface area contributed by atoms with Crippen molar-refractivity contribution >= 4 is 17.5 Å². The Morgan fingerprint density at radius 3 is 2.52 bits per heavy atom. The Balaban J connectivity index is 1.56. The fourth-order valence-corrected chi connectivity index (χ4v) is 2.94. The average Bonchev–Trinajstić information content (AvgIpc) is 2.64. The Hall–Kier alpha value is -2.83. The number of carbonyl (C=O) groups is 2. The summed E-state index contributed by atoms with van der Waals surface area (Å²) in [4.78, 5) is 34.2. The number of carbonyl (C=O) groups excluding carboxylic acids is 2. The van der Waals surface area contributed by atoms with Crippen molar-refractivity contribution in [3.8, 4) is 0 Å². The van der Waals surface area contributed by atoms with Gasteiger partial charge in [0, 0.05) is 37.1 Å². The summed E-state index contributed by atoms with van der Waals surface area (Å²) in [6, 6.07) is 4.28. The zero-order valence-corrected chi connectivity index (χ0v) is 13.9. The summed E-state index contributed by atoms with van der Waals surface area (Å²) in [5.74, 6) is -0.702. The number of nitrogens with one attached hydrogen (secondary N) is 1. The summed E-state index contributed by atoms with van der Waals surface area (Å²) in [7, 11) is 0. The fourth-order valence-electron chi connectivity index (χ4n) is 2.94. The maximum atomic E-state index is 13.1. The van der Waals surface area contributed by atoms with Crippen molar-refractivity contribution in [1.82, 2.24) is 14.9 Å². The van der Waals surface area contributed by atoms with Crippen molar-refractivity contribution in [2.45, 2.75) is 19.8 Å². The monoisotopic (exact) mass is 342 g/mol. The van der Waals surface area contributed by atoms with Gasteiger partial charge >= 0.3 is 0 Å². The van der Waals surface area contributed by atoms with Gasteiger partial charge in [-0.05, 0) is 43.5 Å². The number of amides is 2. The van der Waals surface area contributed by atoms with Gasteiger partial charge in [-0.2, -0.15) is 0 Å². The number of piperidine rings is 1. The first kappa shape index (κ1) is 17.0. The highest BCUT2D eigenvalue weighted by Gasteiger charge is 2.28. The summed E-state index contributed by atoms with van der Waals surface area (Å²) in [5.41, 5.74) is 1.75. The summed E-state index contributed by atoms with van der Waals surface area (Å²) < 4.78 is 13.1. The number of aromatic nitrogens is 2. The Labute approximate surface area is 145 Å². The third-order valence-corrected chi connectivity index (χ3v) is 4.41. The SMILES string of the molecule is Cc1cc(F)ccc1NC(=O)C1CCN(C(=O)c2cncnc2)CC1. The van der Waals surface area contributed by atoms with Gasteiger partial charge in [0.2, 0.25) is 5.91 Å². The van der Waals surface area contributed by atoms with Gasteiger partial charge in [-0.15, -0.1) is 0 Å². The molecule has 1 N–H and O–H groups in total. The van der Waals surface area contributed by atoms with Crippen molar-refractivity contribution in [3.05, 3.63) is 53.9 Å². The predicted octanol–water partition coefficient (Wildman–Crippen LogP) is 2.42. The van der Waals surface area contributed by atoms with E-state index >= 15 is 0 Å². The van der Waals surface area contributed by atoms with Crippen LogP contribution in [0.25, 0.3) is 0 Å². The molecular formula is C18H19FN4O2. The number of hydrogen-bond acceptors (Lipinski definition) is 4. The van der Waals surface area contributed by atoms with E-state index in [2.05, 4.69) is 15.3 Å². The van der Waals surface area contributed by atoms with Crippen LogP contribution in [0, 0.1) is 18.7 Å². The zero-order valence-electron chi connectivity index (χ0n) is 13.9. The molecule has 0 spiro atoms. The molecule has 1 aromatic carbocycles. The molecule has 2 amide bonds. The molecule has 0 bridgehead atoms. The molecule has 0 atom stereocenters. The normalized spacial score (nSPS) is 15.0. The topological polar surface area (TPSA) is 75.2 Å². The first-order valence-corrected chi connectivity index (χ1v) is 8.16. The van der Waals surface area contributed by atoms with E-state index in [0.717, 1.165) is 0 Å². The Morgan fingerprint density at radius 1 is 1.20 bits per heavy atom. The van der Waals surface area contributed by atoms with Crippen molar-refractivity contribution in [2.75, 3.05) is 18.4 Å². The number of benzene rings is 1. The second-order valence-electron chi connectivity index (χ2n) is 6.14. The van der Waals surface area contributed by atoms with E-state index in [0.29, 0.717) is 42.7 Å². The molecule has 2 aromatic rings. The smallest absolute Gasteiger partial charge is 0.256 e. The van der Waals surface area contributed by atoms with Gasteiger partial charge in [0.25, 0.3) is 5.91 Å². The minimum absolute atomic E-state index is 0.0927. The first-order valence-electron chi connectivity index (χ1n) is 8.16. The van der Waals surface area contributed by atoms with Gasteiger partial charge in [0.1, 0.15) is 12.1 Å². The third-order valence-electron chi connectivity index (χ3n) is 4.41. The van der Waals surface area contributed by atoms with Crippen LogP contribution >= 0.6 is 0 Å². The average molecular weight is 342 g/mol. The second kappa shape index (κ2) is 7.38. The van der Waals surface area contributed by atoms with E-state index in [4.69, 9.17) is 0 Å². The van der Waals surface area contributed by atoms with Crippen LogP contribution in [-0.2, 0) is 4.79 Å². The molecule has 130 valence electrons. The molecule has 3 rings (SSSR count). The number of halogens is 1. The van der Waals surface area contributed by atoms with Gasteiger partial charge in [-0.3, -0.25) is 9.59 Å². The molecule has 1 aliphatic rings. The predicted molar refractivity (Wildman–Crippen MR) is 90.4 cm³/mol. The molecule has 6 nitrogen and oxygen atoms in total. The van der Waals surface area contributed by atoms with Gasteiger partial charge in [-0.25, -0.2) is 14.4 Å². The van der Waals surface area contributed by atoms with Crippen LogP contribution in [0.1, 0.15) is 28.8 Å². The second-order valence-corrected chi connectivity index (χ2v) is 6.14. The van der Waals surface area contributed by atoms with Gasteiger partial charge in [0.05, 0.1) is 5.56 Å². The lowest BCUT2D eigenvalue weighted by Gasteiger charge is -2.31. The summed E-state index contributed by atoms with van der Waals surface area (Å²) in [6.45, 7) is 2.77. The molecule has 0 saturated carbocycles. The molecule has 0 aliphatic carbocycles. The lowest BCUT2D eigenvalue weighted by atomic mass is 9.95. The maximum absolute atomic E-state index is 13.1. The number of rotatable bonds is 3. The van der Waals surface area contributed by atoms with Crippen LogP contribution < -0.4 is 5.32 Å². The molecule has 1 aliphatic heterocycles. The van der Waals surface area contributed by atoms with E-state index in [-0.39, 0.29) is 23.5 Å². The Kier molecular flexibility index (Phi) is 5.02. The molecule has 25 heavy (non-hydrogen) atoms. The van der Waals surface area contributed by atoms with Crippen LogP contribution in [0.2, 0.25) is 0 Å². The van der Waals surface area contributed by atoms with E-state index in [1.807, 2.05) is 0 Å². The largest absolute Gasteiger partial charge is 0.339 e. The Morgan fingerprint density at radius 2 is 1.88 bits per heavy atom. The van der Waals surface area contributed by atoms with E-state index in [1.165, 1.54) is 30.9 Å². The molecule has 7 heteroatoms. The molecular weight excluding hydrogens is 323 g/mol. The number of aryl methyl sites for hydroxylation is 1. The molecule has 0 radical (unpaired) electrons. The molecule has 1 saturated heterocycles. The Bertz CT molecular complexity index is 774. The van der Waals surface area contributed by atoms with Crippen LogP contribution in [-0.4, -0.2) is 39.8 Å². The standard InChI is InChI=1S/C18H19FN4O2/c1-12-8-15(19)2-3-16(12)22-17(24)13-4-6-23(7-5-13)18(25)14-9-20-11-21-10-14/h2-3,8-11,13H,4-7H2,1H3,(H,22,24). The van der Waals surface area contributed by atoms with E-state index in [9.17, 15) is 14.0 Å². The van der Waals surface area contributed by atoms with Crippen LogP contribution in [0.3, 0.4) is 0 Å². The summed E-state index contributed by atoms with van der Waals surface area (Å²) >= 11 is 0. The summed E-state index contributed by atoms with van der Waals surface area (Å²) in [6.07, 6.45) is 5.54. The molecule has 0 unspecified atom stereocenters. The quantitative estimate of drug-likeness (QED) is 0.929. The number of hydrogen-bond donors (Lipinski definition) is 1. The highest BCUT2D eigenvalue weighted by atomic mass is 19.1. The lowest BCUT2D eigenvalue weighted by molar-refractivity contribution is -0.121. The van der Waals surface area contributed by atoms with Crippen molar-refractivity contribution in [2.24, 2.45) is 5.92 Å². The van der Waals surface area contributed by atoms with E-state index < -0.39 is 0 Å². The number of likely N-dealkylation sites (tertiary alicyclic amines) is 1. The minimum atomic E-state index is -0.327. The molecule has 1 fully saturated rings. The van der Waals surface area contributed by atoms with Crippen LogP contribution in [0.5, 0.6) is 0 Å². The van der Waals surface area contributed by atoms with Crippen LogP contribution in [0.4, 0.5) is 10.1 Å². The maximum Gasteiger partial charge on any atom is 0.256 e. The van der Waals surface area contributed by atoms with Crippen molar-refractivity contribution < 1.29 is 14.0 Å². The number of anilines is 1. The fraction of sp³-hybridized carbons (Fsp3) is 0.333. The van der Waals surface area contributed by atoms with Crippen LogP contribution in [0.15, 0.2) is 36.9 Å². The number of nitrogens with zero attached hydrogens (tertiary/aromatic N) is 3. The summed E-state index contributed by atoms with van der Waals surface area (Å²) in [5, 5.41) is 2.85. The van der Waals surface area contributed by atoms with E-state index in [1.54, 1.807) is 17.9 Å². The van der Waals surface area contributed by atoms with Crippen molar-refractivity contribution in [3.63, 3.8) is 0 Å².